The lowest BCUT2D eigenvalue weighted by Crippen LogP contribution is -2.44. The van der Waals surface area contributed by atoms with E-state index in [-0.39, 0.29) is 23.1 Å². The molecule has 27 heavy (non-hydrogen) atoms. The van der Waals surface area contributed by atoms with Crippen molar-refractivity contribution in [1.82, 2.24) is 10.3 Å². The first-order valence-corrected chi connectivity index (χ1v) is 7.92. The maximum atomic E-state index is 12.5. The normalized spacial score (nSPS) is 12.5. The van der Waals surface area contributed by atoms with E-state index < -0.39 is 29.7 Å². The van der Waals surface area contributed by atoms with Crippen LogP contribution in [-0.4, -0.2) is 28.0 Å². The summed E-state index contributed by atoms with van der Waals surface area (Å²) in [5.74, 6) is -1.76. The van der Waals surface area contributed by atoms with E-state index in [1.54, 1.807) is 13.8 Å². The minimum Gasteiger partial charge on any atom is -0.480 e. The van der Waals surface area contributed by atoms with Crippen molar-refractivity contribution in [3.05, 3.63) is 53.7 Å². The number of carboxylic acid groups (broad SMARTS) is 1. The van der Waals surface area contributed by atoms with Crippen LogP contribution in [0.15, 0.2) is 42.6 Å². The highest BCUT2D eigenvalue weighted by Crippen LogP contribution is 2.30. The molecule has 2 aromatic rings. The van der Waals surface area contributed by atoms with Gasteiger partial charge in [0.25, 0.3) is 5.91 Å². The third-order valence-electron chi connectivity index (χ3n) is 3.62. The summed E-state index contributed by atoms with van der Waals surface area (Å²) < 4.78 is 42.8. The van der Waals surface area contributed by atoms with Gasteiger partial charge >= 0.3 is 12.1 Å². The first-order chi connectivity index (χ1) is 12.6. The SMILES string of the molecule is CC(C)[C@H](NC(=O)c1ccc(Oc2ccc(C(F)(F)F)cn2)cc1)C(=O)O. The Labute approximate surface area is 153 Å². The second kappa shape index (κ2) is 8.07. The van der Waals surface area contributed by atoms with Gasteiger partial charge in [-0.2, -0.15) is 13.2 Å². The fourth-order valence-electron chi connectivity index (χ4n) is 2.14. The van der Waals surface area contributed by atoms with Crippen LogP contribution in [0.5, 0.6) is 11.6 Å². The molecule has 0 spiro atoms. The number of benzene rings is 1. The number of carbonyl (C=O) groups excluding carboxylic acids is 1. The first-order valence-electron chi connectivity index (χ1n) is 7.92. The number of rotatable bonds is 6. The number of nitrogens with one attached hydrogen (secondary N) is 1. The van der Waals surface area contributed by atoms with Crippen LogP contribution in [0, 0.1) is 5.92 Å². The Bertz CT molecular complexity index is 803. The molecular weight excluding hydrogens is 365 g/mol. The average Bonchev–Trinajstić information content (AvgIpc) is 2.59. The van der Waals surface area contributed by atoms with E-state index in [1.165, 1.54) is 24.3 Å². The van der Waals surface area contributed by atoms with E-state index in [0.29, 0.717) is 6.20 Å². The van der Waals surface area contributed by atoms with Crippen LogP contribution in [-0.2, 0) is 11.0 Å². The minimum atomic E-state index is -4.48. The molecule has 144 valence electrons. The number of amides is 1. The summed E-state index contributed by atoms with van der Waals surface area (Å²) in [4.78, 5) is 26.9. The van der Waals surface area contributed by atoms with Crippen molar-refractivity contribution in [3.8, 4) is 11.6 Å². The van der Waals surface area contributed by atoms with Crippen molar-refractivity contribution in [1.29, 1.82) is 0 Å². The molecule has 0 aliphatic heterocycles. The van der Waals surface area contributed by atoms with Crippen molar-refractivity contribution in [2.75, 3.05) is 0 Å². The Hall–Kier alpha value is -3.10. The summed E-state index contributed by atoms with van der Waals surface area (Å²) >= 11 is 0. The van der Waals surface area contributed by atoms with E-state index in [2.05, 4.69) is 10.3 Å². The second-order valence-corrected chi connectivity index (χ2v) is 6.04. The zero-order valence-corrected chi connectivity index (χ0v) is 14.4. The van der Waals surface area contributed by atoms with Gasteiger partial charge < -0.3 is 15.2 Å². The lowest BCUT2D eigenvalue weighted by molar-refractivity contribution is -0.140. The smallest absolute Gasteiger partial charge is 0.417 e. The van der Waals surface area contributed by atoms with Gasteiger partial charge in [0.1, 0.15) is 11.8 Å². The number of carbonyl (C=O) groups is 2. The van der Waals surface area contributed by atoms with E-state index in [0.717, 1.165) is 12.1 Å². The molecule has 0 fully saturated rings. The molecule has 0 saturated carbocycles. The summed E-state index contributed by atoms with van der Waals surface area (Å²) in [7, 11) is 0. The molecule has 2 rings (SSSR count). The number of pyridine rings is 1. The van der Waals surface area contributed by atoms with Gasteiger partial charge in [-0.15, -0.1) is 0 Å². The summed E-state index contributed by atoms with van der Waals surface area (Å²) in [6.07, 6.45) is -3.82. The predicted molar refractivity (Wildman–Crippen MR) is 89.5 cm³/mol. The highest BCUT2D eigenvalue weighted by Gasteiger charge is 2.30. The van der Waals surface area contributed by atoms with E-state index in [9.17, 15) is 22.8 Å². The van der Waals surface area contributed by atoms with Gasteiger partial charge in [0.15, 0.2) is 0 Å². The van der Waals surface area contributed by atoms with Crippen LogP contribution in [0.2, 0.25) is 0 Å². The van der Waals surface area contributed by atoms with Crippen molar-refractivity contribution in [2.45, 2.75) is 26.1 Å². The highest BCUT2D eigenvalue weighted by molar-refractivity contribution is 5.96. The van der Waals surface area contributed by atoms with Crippen molar-refractivity contribution < 1.29 is 32.6 Å². The molecule has 0 saturated heterocycles. The number of hydrogen-bond donors (Lipinski definition) is 2. The molecule has 1 heterocycles. The number of aliphatic carboxylic acids is 1. The van der Waals surface area contributed by atoms with E-state index in [4.69, 9.17) is 9.84 Å². The first kappa shape index (κ1) is 20.2. The number of hydrogen-bond acceptors (Lipinski definition) is 4. The Morgan fingerprint density at radius 3 is 2.19 bits per heavy atom. The number of aromatic nitrogens is 1. The number of alkyl halides is 3. The van der Waals surface area contributed by atoms with Crippen LogP contribution in [0.4, 0.5) is 13.2 Å². The number of ether oxygens (including phenoxy) is 1. The lowest BCUT2D eigenvalue weighted by Gasteiger charge is -2.17. The molecule has 1 atom stereocenters. The van der Waals surface area contributed by atoms with Gasteiger partial charge in [0.2, 0.25) is 5.88 Å². The maximum absolute atomic E-state index is 12.5. The lowest BCUT2D eigenvalue weighted by atomic mass is 10.0. The van der Waals surface area contributed by atoms with Gasteiger partial charge in [-0.25, -0.2) is 9.78 Å². The molecule has 1 aromatic carbocycles. The predicted octanol–water partition coefficient (Wildman–Crippen LogP) is 3.73. The van der Waals surface area contributed by atoms with Crippen molar-refractivity contribution in [3.63, 3.8) is 0 Å². The molecule has 0 aliphatic carbocycles. The third kappa shape index (κ3) is 5.44. The van der Waals surface area contributed by atoms with E-state index >= 15 is 0 Å². The quantitative estimate of drug-likeness (QED) is 0.795. The molecule has 2 N–H and O–H groups in total. The molecular formula is C18H17F3N2O4. The zero-order valence-electron chi connectivity index (χ0n) is 14.4. The number of halogens is 3. The van der Waals surface area contributed by atoms with Crippen LogP contribution in [0.1, 0.15) is 29.8 Å². The third-order valence-corrected chi connectivity index (χ3v) is 3.62. The summed E-state index contributed by atoms with van der Waals surface area (Å²) in [5, 5.41) is 11.5. The number of carboxylic acids is 1. The fraction of sp³-hybridized carbons (Fsp3) is 0.278. The molecule has 1 amide bonds. The van der Waals surface area contributed by atoms with Crippen LogP contribution < -0.4 is 10.1 Å². The minimum absolute atomic E-state index is 0.0362. The Morgan fingerprint density at radius 2 is 1.74 bits per heavy atom. The average molecular weight is 382 g/mol. The molecule has 0 radical (unpaired) electrons. The van der Waals surface area contributed by atoms with Crippen molar-refractivity contribution >= 4 is 11.9 Å². The van der Waals surface area contributed by atoms with Crippen LogP contribution in [0.3, 0.4) is 0 Å². The van der Waals surface area contributed by atoms with Crippen LogP contribution in [0.25, 0.3) is 0 Å². The summed E-state index contributed by atoms with van der Waals surface area (Å²) in [6.45, 7) is 3.35. The van der Waals surface area contributed by atoms with E-state index in [1.807, 2.05) is 0 Å². The monoisotopic (exact) mass is 382 g/mol. The summed E-state index contributed by atoms with van der Waals surface area (Å²) in [6, 6.07) is 6.59. The zero-order chi connectivity index (χ0) is 20.2. The largest absolute Gasteiger partial charge is 0.480 e. The standard InChI is InChI=1S/C18H17F3N2O4/c1-10(2)15(17(25)26)23-16(24)11-3-6-13(7-4-11)27-14-8-5-12(9-22-14)18(19,20)21/h3-10,15H,1-2H3,(H,23,24)(H,25,26)/t15-/m0/s1. The Balaban J connectivity index is 2.04. The number of nitrogens with zero attached hydrogens (tertiary/aromatic N) is 1. The van der Waals surface area contributed by atoms with Gasteiger partial charge in [0.05, 0.1) is 5.56 Å². The molecule has 0 aliphatic rings. The second-order valence-electron chi connectivity index (χ2n) is 6.04. The van der Waals surface area contributed by atoms with Gasteiger partial charge in [-0.3, -0.25) is 4.79 Å². The fourth-order valence-corrected chi connectivity index (χ4v) is 2.14. The van der Waals surface area contributed by atoms with Gasteiger partial charge in [0, 0.05) is 17.8 Å². The molecule has 0 bridgehead atoms. The van der Waals surface area contributed by atoms with Gasteiger partial charge in [-0.05, 0) is 36.2 Å². The Morgan fingerprint density at radius 1 is 1.11 bits per heavy atom. The van der Waals surface area contributed by atoms with Crippen molar-refractivity contribution in [2.24, 2.45) is 5.92 Å². The highest BCUT2D eigenvalue weighted by atomic mass is 19.4. The molecule has 0 unspecified atom stereocenters. The Kier molecular flexibility index (Phi) is 6.04. The van der Waals surface area contributed by atoms with Gasteiger partial charge in [-0.1, -0.05) is 13.8 Å². The topological polar surface area (TPSA) is 88.5 Å². The molecule has 6 nitrogen and oxygen atoms in total. The summed E-state index contributed by atoms with van der Waals surface area (Å²) in [5.41, 5.74) is -0.672. The maximum Gasteiger partial charge on any atom is 0.417 e. The van der Waals surface area contributed by atoms with Crippen LogP contribution >= 0.6 is 0 Å². The molecule has 9 heteroatoms. The molecule has 1 aromatic heterocycles.